The molecule has 1 unspecified atom stereocenters. The van der Waals surface area contributed by atoms with Crippen molar-refractivity contribution < 1.29 is 4.74 Å². The number of hydrogen-bond acceptors (Lipinski definition) is 1. The Morgan fingerprint density at radius 1 is 1.07 bits per heavy atom. The summed E-state index contributed by atoms with van der Waals surface area (Å²) in [4.78, 5) is 0. The van der Waals surface area contributed by atoms with E-state index in [0.29, 0.717) is 5.92 Å². The van der Waals surface area contributed by atoms with Crippen LogP contribution in [-0.4, -0.2) is 19.1 Å². The molecule has 0 N–H and O–H groups in total. The van der Waals surface area contributed by atoms with Gasteiger partial charge in [-0.3, -0.25) is 0 Å². The van der Waals surface area contributed by atoms with Crippen LogP contribution in [0.5, 0.6) is 0 Å². The van der Waals surface area contributed by atoms with Crippen molar-refractivity contribution in [2.24, 2.45) is 11.8 Å². The first kappa shape index (κ1) is 14.2. The molecule has 0 aromatic rings. The minimum atomic E-state index is 0.653. The van der Waals surface area contributed by atoms with Crippen molar-refractivity contribution in [1.29, 1.82) is 0 Å². The highest BCUT2D eigenvalue weighted by atomic mass is 35.5. The predicted octanol–water partition coefficient (Wildman–Crippen LogP) is 4.09. The molecule has 0 aliphatic rings. The van der Waals surface area contributed by atoms with Crippen LogP contribution in [0, 0.1) is 11.8 Å². The molecule has 86 valence electrons. The maximum atomic E-state index is 5.85. The van der Waals surface area contributed by atoms with Gasteiger partial charge in [-0.1, -0.05) is 27.2 Å². The zero-order chi connectivity index (χ0) is 10.8. The lowest BCUT2D eigenvalue weighted by Crippen LogP contribution is -2.08. The third kappa shape index (κ3) is 8.83. The lowest BCUT2D eigenvalue weighted by atomic mass is 10.0. The van der Waals surface area contributed by atoms with Gasteiger partial charge in [0.2, 0.25) is 0 Å². The van der Waals surface area contributed by atoms with Gasteiger partial charge in [0.1, 0.15) is 0 Å². The molecule has 0 aliphatic heterocycles. The highest BCUT2D eigenvalue weighted by Crippen LogP contribution is 2.13. The zero-order valence-electron chi connectivity index (χ0n) is 9.89. The summed E-state index contributed by atoms with van der Waals surface area (Å²) in [6.07, 6.45) is 4.75. The summed E-state index contributed by atoms with van der Waals surface area (Å²) in [6, 6.07) is 0. The maximum absolute atomic E-state index is 5.85. The largest absolute Gasteiger partial charge is 0.381 e. The molecule has 0 rings (SSSR count). The monoisotopic (exact) mass is 220 g/mol. The van der Waals surface area contributed by atoms with Gasteiger partial charge in [0, 0.05) is 19.1 Å². The molecule has 0 bridgehead atoms. The molecule has 0 fully saturated rings. The third-order valence-electron chi connectivity index (χ3n) is 2.43. The van der Waals surface area contributed by atoms with Crippen molar-refractivity contribution in [3.63, 3.8) is 0 Å². The van der Waals surface area contributed by atoms with Crippen LogP contribution in [0.3, 0.4) is 0 Å². The van der Waals surface area contributed by atoms with Crippen LogP contribution in [0.15, 0.2) is 0 Å². The standard InChI is InChI=1S/C12H25ClO/c1-4-5-12(10-13)7-9-14-8-6-11(2)3/h11-12H,4-10H2,1-3H3. The Morgan fingerprint density at radius 2 is 1.71 bits per heavy atom. The first-order valence-corrected chi connectivity index (χ1v) is 6.37. The average molecular weight is 221 g/mol. The smallest absolute Gasteiger partial charge is 0.0469 e. The maximum Gasteiger partial charge on any atom is 0.0469 e. The third-order valence-corrected chi connectivity index (χ3v) is 2.86. The van der Waals surface area contributed by atoms with Gasteiger partial charge in [-0.2, -0.15) is 0 Å². The van der Waals surface area contributed by atoms with E-state index in [1.54, 1.807) is 0 Å². The molecule has 0 spiro atoms. The summed E-state index contributed by atoms with van der Waals surface area (Å²) in [5.41, 5.74) is 0. The molecule has 0 amide bonds. The number of rotatable bonds is 9. The molecule has 0 aliphatic carbocycles. The molecule has 0 saturated heterocycles. The van der Waals surface area contributed by atoms with Gasteiger partial charge in [-0.25, -0.2) is 0 Å². The van der Waals surface area contributed by atoms with Crippen molar-refractivity contribution in [2.75, 3.05) is 19.1 Å². The van der Waals surface area contributed by atoms with Crippen LogP contribution in [0.2, 0.25) is 0 Å². The number of alkyl halides is 1. The van der Waals surface area contributed by atoms with E-state index in [1.165, 1.54) is 19.3 Å². The molecule has 1 nitrogen and oxygen atoms in total. The summed E-state index contributed by atoms with van der Waals surface area (Å²) in [5, 5.41) is 0. The molecule has 2 heteroatoms. The van der Waals surface area contributed by atoms with Crippen LogP contribution in [0.1, 0.15) is 46.5 Å². The van der Waals surface area contributed by atoms with Gasteiger partial charge >= 0.3 is 0 Å². The van der Waals surface area contributed by atoms with Gasteiger partial charge in [0.25, 0.3) is 0 Å². The Kier molecular flexibility index (Phi) is 9.97. The molecule has 0 saturated carbocycles. The van der Waals surface area contributed by atoms with Gasteiger partial charge in [0.15, 0.2) is 0 Å². The first-order chi connectivity index (χ1) is 6.70. The Hall–Kier alpha value is 0.250. The zero-order valence-corrected chi connectivity index (χ0v) is 10.6. The SMILES string of the molecule is CCCC(CCl)CCOCCC(C)C. The lowest BCUT2D eigenvalue weighted by molar-refractivity contribution is 0.111. The Morgan fingerprint density at radius 3 is 2.21 bits per heavy atom. The van der Waals surface area contributed by atoms with Crippen LogP contribution >= 0.6 is 11.6 Å². The van der Waals surface area contributed by atoms with Crippen molar-refractivity contribution in [3.8, 4) is 0 Å². The van der Waals surface area contributed by atoms with Crippen LogP contribution < -0.4 is 0 Å². The van der Waals surface area contributed by atoms with E-state index in [2.05, 4.69) is 20.8 Å². The number of hydrogen-bond donors (Lipinski definition) is 0. The van der Waals surface area contributed by atoms with Gasteiger partial charge < -0.3 is 4.74 Å². The van der Waals surface area contributed by atoms with E-state index in [4.69, 9.17) is 16.3 Å². The normalized spacial score (nSPS) is 13.5. The second kappa shape index (κ2) is 9.79. The van der Waals surface area contributed by atoms with Crippen molar-refractivity contribution in [2.45, 2.75) is 46.5 Å². The molecule has 1 atom stereocenters. The van der Waals surface area contributed by atoms with E-state index >= 15 is 0 Å². The average Bonchev–Trinajstić information content (AvgIpc) is 2.15. The van der Waals surface area contributed by atoms with Crippen molar-refractivity contribution >= 4 is 11.6 Å². The fraction of sp³-hybridized carbons (Fsp3) is 1.00. The summed E-state index contributed by atoms with van der Waals surface area (Å²) < 4.78 is 5.56. The number of halogens is 1. The molecule has 0 radical (unpaired) electrons. The molecule has 0 heterocycles. The predicted molar refractivity (Wildman–Crippen MR) is 64.0 cm³/mol. The van der Waals surface area contributed by atoms with Gasteiger partial charge in [-0.05, 0) is 31.1 Å². The van der Waals surface area contributed by atoms with E-state index in [-0.39, 0.29) is 0 Å². The summed E-state index contributed by atoms with van der Waals surface area (Å²) in [5.74, 6) is 2.18. The Labute approximate surface area is 94.2 Å². The summed E-state index contributed by atoms with van der Waals surface area (Å²) in [7, 11) is 0. The second-order valence-electron chi connectivity index (χ2n) is 4.39. The fourth-order valence-corrected chi connectivity index (χ4v) is 1.69. The lowest BCUT2D eigenvalue weighted by Gasteiger charge is -2.12. The minimum Gasteiger partial charge on any atom is -0.381 e. The summed E-state index contributed by atoms with van der Waals surface area (Å²) >= 11 is 5.85. The van der Waals surface area contributed by atoms with Crippen molar-refractivity contribution in [3.05, 3.63) is 0 Å². The van der Waals surface area contributed by atoms with E-state index < -0.39 is 0 Å². The fourth-order valence-electron chi connectivity index (χ4n) is 1.38. The molecule has 0 aromatic heterocycles. The van der Waals surface area contributed by atoms with E-state index in [1.807, 2.05) is 0 Å². The number of ether oxygens (including phenoxy) is 1. The quantitative estimate of drug-likeness (QED) is 0.420. The van der Waals surface area contributed by atoms with Gasteiger partial charge in [0.05, 0.1) is 0 Å². The highest BCUT2D eigenvalue weighted by molar-refractivity contribution is 6.18. The van der Waals surface area contributed by atoms with E-state index in [0.717, 1.165) is 31.4 Å². The molecular formula is C12H25ClO. The Balaban J connectivity index is 3.24. The minimum absolute atomic E-state index is 0.653. The van der Waals surface area contributed by atoms with Crippen LogP contribution in [0.25, 0.3) is 0 Å². The summed E-state index contributed by atoms with van der Waals surface area (Å²) in [6.45, 7) is 8.44. The molecular weight excluding hydrogens is 196 g/mol. The van der Waals surface area contributed by atoms with Crippen LogP contribution in [-0.2, 0) is 4.74 Å². The molecule has 0 aromatic carbocycles. The highest BCUT2D eigenvalue weighted by Gasteiger charge is 2.05. The van der Waals surface area contributed by atoms with Crippen LogP contribution in [0.4, 0.5) is 0 Å². The topological polar surface area (TPSA) is 9.23 Å². The van der Waals surface area contributed by atoms with E-state index in [9.17, 15) is 0 Å². The Bertz CT molecular complexity index is 115. The second-order valence-corrected chi connectivity index (χ2v) is 4.70. The molecule has 14 heavy (non-hydrogen) atoms. The van der Waals surface area contributed by atoms with Crippen molar-refractivity contribution in [1.82, 2.24) is 0 Å². The van der Waals surface area contributed by atoms with Gasteiger partial charge in [-0.15, -0.1) is 11.6 Å². The first-order valence-electron chi connectivity index (χ1n) is 5.84.